The van der Waals surface area contributed by atoms with Gasteiger partial charge in [-0.1, -0.05) is 35.6 Å². The number of halogens is 1. The van der Waals surface area contributed by atoms with Crippen LogP contribution in [-0.4, -0.2) is 28.6 Å². The van der Waals surface area contributed by atoms with Crippen LogP contribution in [0.1, 0.15) is 29.8 Å². The first-order valence-electron chi connectivity index (χ1n) is 9.72. The monoisotopic (exact) mass is 406 g/mol. The summed E-state index contributed by atoms with van der Waals surface area (Å²) in [5.41, 5.74) is 2.20. The molecule has 0 N–H and O–H groups in total. The van der Waals surface area contributed by atoms with Crippen molar-refractivity contribution < 1.29 is 9.47 Å². The second kappa shape index (κ2) is 7.31. The van der Waals surface area contributed by atoms with Crippen molar-refractivity contribution in [3.8, 4) is 11.8 Å². The number of hydrogen-bond acceptors (Lipinski definition) is 4. The molecule has 0 saturated carbocycles. The van der Waals surface area contributed by atoms with Gasteiger partial charge >= 0.3 is 0 Å². The number of nitrogens with zero attached hydrogens (tertiary/aromatic N) is 2. The Bertz CT molecular complexity index is 1220. The van der Waals surface area contributed by atoms with Crippen molar-refractivity contribution in [1.82, 2.24) is 9.55 Å². The fourth-order valence-electron chi connectivity index (χ4n) is 3.96. The van der Waals surface area contributed by atoms with E-state index in [1.165, 1.54) is 0 Å². The van der Waals surface area contributed by atoms with Crippen LogP contribution in [0.2, 0.25) is 5.02 Å². The Morgan fingerprint density at radius 3 is 2.72 bits per heavy atom. The first-order valence-corrected chi connectivity index (χ1v) is 10.1. The predicted molar refractivity (Wildman–Crippen MR) is 111 cm³/mol. The van der Waals surface area contributed by atoms with Gasteiger partial charge in [-0.05, 0) is 30.3 Å². The summed E-state index contributed by atoms with van der Waals surface area (Å²) in [7, 11) is 0. The summed E-state index contributed by atoms with van der Waals surface area (Å²) in [6, 6.07) is 13.0. The van der Waals surface area contributed by atoms with Crippen molar-refractivity contribution in [3.05, 3.63) is 74.8 Å². The van der Waals surface area contributed by atoms with Crippen LogP contribution in [0.5, 0.6) is 0 Å². The first kappa shape index (κ1) is 18.4. The molecule has 0 radical (unpaired) electrons. The van der Waals surface area contributed by atoms with Crippen LogP contribution >= 0.6 is 11.6 Å². The van der Waals surface area contributed by atoms with Crippen LogP contribution in [0.3, 0.4) is 0 Å². The molecule has 5 rings (SSSR count). The number of hydrogen-bond donors (Lipinski definition) is 0. The number of aryl methyl sites for hydroxylation is 1. The summed E-state index contributed by atoms with van der Waals surface area (Å²) in [4.78, 5) is 17.8. The van der Waals surface area contributed by atoms with Gasteiger partial charge in [-0.2, -0.15) is 0 Å². The fraction of sp³-hybridized carbons (Fsp3) is 0.304. The largest absolute Gasteiger partial charge is 0.347 e. The third-order valence-corrected chi connectivity index (χ3v) is 5.84. The minimum atomic E-state index is -0.572. The van der Waals surface area contributed by atoms with Crippen LogP contribution in [0.4, 0.5) is 0 Å². The highest BCUT2D eigenvalue weighted by molar-refractivity contribution is 6.31. The highest BCUT2D eigenvalue weighted by atomic mass is 35.5. The van der Waals surface area contributed by atoms with Gasteiger partial charge in [-0.15, -0.1) is 0 Å². The van der Waals surface area contributed by atoms with Crippen molar-refractivity contribution in [2.45, 2.75) is 31.6 Å². The normalized spacial score (nSPS) is 17.6. The smallest absolute Gasteiger partial charge is 0.261 e. The van der Waals surface area contributed by atoms with E-state index in [1.807, 2.05) is 36.4 Å². The molecule has 3 aromatic rings. The quantitative estimate of drug-likeness (QED) is 0.536. The average molecular weight is 407 g/mol. The van der Waals surface area contributed by atoms with Crippen LogP contribution in [0.25, 0.3) is 10.9 Å². The van der Waals surface area contributed by atoms with Gasteiger partial charge in [0.25, 0.3) is 5.56 Å². The number of fused-ring (bicyclic) bond motifs is 2. The molecule has 2 aliphatic rings. The van der Waals surface area contributed by atoms with E-state index in [2.05, 4.69) is 11.8 Å². The predicted octanol–water partition coefficient (Wildman–Crippen LogP) is 3.53. The number of benzene rings is 2. The Morgan fingerprint density at radius 1 is 1.07 bits per heavy atom. The number of ether oxygens (including phenoxy) is 2. The summed E-state index contributed by atoms with van der Waals surface area (Å²) in [5.74, 6) is 6.41. The molecule has 1 fully saturated rings. The number of rotatable bonds is 0. The second-order valence-electron chi connectivity index (χ2n) is 7.30. The van der Waals surface area contributed by atoms with Crippen molar-refractivity contribution in [2.75, 3.05) is 13.2 Å². The van der Waals surface area contributed by atoms with E-state index in [-0.39, 0.29) is 5.56 Å². The Kier molecular flexibility index (Phi) is 4.63. The summed E-state index contributed by atoms with van der Waals surface area (Å²) >= 11 is 6.17. The Hall–Kier alpha value is -2.65. The molecule has 0 atom stereocenters. The fourth-order valence-corrected chi connectivity index (χ4v) is 4.15. The molecule has 0 unspecified atom stereocenters. The lowest BCUT2D eigenvalue weighted by Gasteiger charge is -2.24. The minimum Gasteiger partial charge on any atom is -0.347 e. The highest BCUT2D eigenvalue weighted by Crippen LogP contribution is 2.31. The molecule has 29 heavy (non-hydrogen) atoms. The summed E-state index contributed by atoms with van der Waals surface area (Å²) < 4.78 is 13.4. The molecule has 2 aliphatic heterocycles. The van der Waals surface area contributed by atoms with Crippen LogP contribution in [-0.2, 0) is 22.4 Å². The minimum absolute atomic E-state index is 0.0225. The van der Waals surface area contributed by atoms with E-state index in [1.54, 1.807) is 10.6 Å². The van der Waals surface area contributed by atoms with Gasteiger partial charge in [0.05, 0.1) is 29.1 Å². The molecule has 0 amide bonds. The number of aromatic nitrogens is 2. The zero-order valence-corrected chi connectivity index (χ0v) is 16.5. The van der Waals surface area contributed by atoms with Gasteiger partial charge in [0.15, 0.2) is 5.79 Å². The lowest BCUT2D eigenvalue weighted by molar-refractivity contribution is -0.165. The first-order chi connectivity index (χ1) is 14.1. The Labute approximate surface area is 173 Å². The molecule has 1 aromatic heterocycles. The lowest BCUT2D eigenvalue weighted by atomic mass is 10.1. The van der Waals surface area contributed by atoms with Gasteiger partial charge in [0.2, 0.25) is 0 Å². The topological polar surface area (TPSA) is 53.4 Å². The second-order valence-corrected chi connectivity index (χ2v) is 7.71. The van der Waals surface area contributed by atoms with Crippen LogP contribution in [0, 0.1) is 11.8 Å². The van der Waals surface area contributed by atoms with Gasteiger partial charge < -0.3 is 9.47 Å². The Balaban J connectivity index is 1.52. The summed E-state index contributed by atoms with van der Waals surface area (Å²) in [6.45, 7) is 1.76. The molecule has 6 heteroatoms. The van der Waals surface area contributed by atoms with E-state index in [4.69, 9.17) is 26.1 Å². The summed E-state index contributed by atoms with van der Waals surface area (Å²) in [5, 5.41) is 1.22. The maximum atomic E-state index is 13.1. The summed E-state index contributed by atoms with van der Waals surface area (Å²) in [6.07, 6.45) is 2.01. The van der Waals surface area contributed by atoms with Gasteiger partial charge in [-0.3, -0.25) is 9.36 Å². The van der Waals surface area contributed by atoms with E-state index in [0.717, 1.165) is 17.0 Å². The molecule has 5 nitrogen and oxygen atoms in total. The molecule has 146 valence electrons. The van der Waals surface area contributed by atoms with E-state index < -0.39 is 5.79 Å². The van der Waals surface area contributed by atoms with Crippen molar-refractivity contribution in [1.29, 1.82) is 0 Å². The molecule has 0 bridgehead atoms. The molecule has 3 heterocycles. The van der Waals surface area contributed by atoms with Crippen LogP contribution in [0.15, 0.2) is 47.3 Å². The molecule has 1 spiro atoms. The maximum Gasteiger partial charge on any atom is 0.261 e. The van der Waals surface area contributed by atoms with Gasteiger partial charge in [0, 0.05) is 36.9 Å². The Morgan fingerprint density at radius 2 is 1.90 bits per heavy atom. The zero-order valence-electron chi connectivity index (χ0n) is 15.8. The lowest BCUT2D eigenvalue weighted by Crippen LogP contribution is -2.31. The molecule has 1 saturated heterocycles. The van der Waals surface area contributed by atoms with Crippen LogP contribution < -0.4 is 5.56 Å². The average Bonchev–Trinajstić information content (AvgIpc) is 3.12. The van der Waals surface area contributed by atoms with E-state index >= 15 is 0 Å². The van der Waals surface area contributed by atoms with Gasteiger partial charge in [-0.25, -0.2) is 4.98 Å². The molecular weight excluding hydrogens is 388 g/mol. The third-order valence-electron chi connectivity index (χ3n) is 5.51. The maximum absolute atomic E-state index is 13.1. The van der Waals surface area contributed by atoms with Crippen molar-refractivity contribution in [3.63, 3.8) is 0 Å². The standard InChI is InChI=1S/C23H19ClN2O3/c24-19-4-2-1-3-17(19)7-5-16-6-8-18-20(15-16)25-21-9-10-23(28-13-14-29-23)11-12-26(21)22(18)27/h1-4,6,8,15H,9-14H2. The van der Waals surface area contributed by atoms with Crippen molar-refractivity contribution in [2.24, 2.45) is 0 Å². The van der Waals surface area contributed by atoms with E-state index in [9.17, 15) is 4.79 Å². The SMILES string of the molecule is O=c1c2ccc(C#Cc3ccccc3Cl)cc2nc2n1CCC1(CC2)OCCO1. The molecule has 2 aromatic carbocycles. The zero-order chi connectivity index (χ0) is 19.8. The van der Waals surface area contributed by atoms with Crippen molar-refractivity contribution >= 4 is 22.5 Å². The van der Waals surface area contributed by atoms with Gasteiger partial charge in [0.1, 0.15) is 5.82 Å². The molecule has 0 aliphatic carbocycles. The highest BCUT2D eigenvalue weighted by Gasteiger charge is 2.38. The van der Waals surface area contributed by atoms with E-state index in [0.29, 0.717) is 54.9 Å². The third kappa shape index (κ3) is 3.44. The molecular formula is C23H19ClN2O3.